The zero-order valence-electron chi connectivity index (χ0n) is 10.7. The predicted octanol–water partition coefficient (Wildman–Crippen LogP) is 2.50. The molecule has 0 fully saturated rings. The second kappa shape index (κ2) is 7.11. The quantitative estimate of drug-likeness (QED) is 0.753. The molecule has 1 aromatic carbocycles. The van der Waals surface area contributed by atoms with Crippen molar-refractivity contribution in [3.8, 4) is 0 Å². The standard InChI is InChI=1S/C12H19BrN2O2S/c1-3-14-7-4-8-18(16,17)15-11-6-5-10(2)12(13)9-11/h5-6,9,14-15H,3-4,7-8H2,1-2H3. The Bertz CT molecular complexity index is 489. The molecule has 0 aliphatic carbocycles. The molecule has 6 heteroatoms. The van der Waals surface area contributed by atoms with Crippen molar-refractivity contribution in [2.45, 2.75) is 20.3 Å². The average Bonchev–Trinajstić information content (AvgIpc) is 2.29. The van der Waals surface area contributed by atoms with Crippen molar-refractivity contribution >= 4 is 31.6 Å². The van der Waals surface area contributed by atoms with E-state index in [4.69, 9.17) is 0 Å². The SMILES string of the molecule is CCNCCCS(=O)(=O)Nc1ccc(C)c(Br)c1. The van der Waals surface area contributed by atoms with Gasteiger partial charge in [-0.2, -0.15) is 0 Å². The van der Waals surface area contributed by atoms with Gasteiger partial charge in [-0.15, -0.1) is 0 Å². The molecule has 0 spiro atoms. The third-order valence-corrected chi connectivity index (χ3v) is 4.69. The van der Waals surface area contributed by atoms with E-state index in [9.17, 15) is 8.42 Å². The van der Waals surface area contributed by atoms with Crippen LogP contribution in [0.25, 0.3) is 0 Å². The fourth-order valence-electron chi connectivity index (χ4n) is 1.45. The number of nitrogens with one attached hydrogen (secondary N) is 2. The molecule has 18 heavy (non-hydrogen) atoms. The van der Waals surface area contributed by atoms with Gasteiger partial charge in [-0.1, -0.05) is 28.9 Å². The molecule has 102 valence electrons. The highest BCUT2D eigenvalue weighted by molar-refractivity contribution is 9.10. The Hall–Kier alpha value is -0.590. The molecule has 1 aromatic rings. The number of aryl methyl sites for hydroxylation is 1. The smallest absolute Gasteiger partial charge is 0.232 e. The predicted molar refractivity (Wildman–Crippen MR) is 79.4 cm³/mol. The van der Waals surface area contributed by atoms with Crippen LogP contribution in [0, 0.1) is 6.92 Å². The summed E-state index contributed by atoms with van der Waals surface area (Å²) in [5.41, 5.74) is 1.67. The van der Waals surface area contributed by atoms with Crippen molar-refractivity contribution in [2.24, 2.45) is 0 Å². The summed E-state index contributed by atoms with van der Waals surface area (Å²) in [5, 5.41) is 3.10. The molecule has 0 aromatic heterocycles. The van der Waals surface area contributed by atoms with E-state index >= 15 is 0 Å². The van der Waals surface area contributed by atoms with Crippen molar-refractivity contribution in [2.75, 3.05) is 23.6 Å². The highest BCUT2D eigenvalue weighted by Crippen LogP contribution is 2.21. The number of benzene rings is 1. The first kappa shape index (κ1) is 15.5. The van der Waals surface area contributed by atoms with Crippen molar-refractivity contribution in [3.63, 3.8) is 0 Å². The second-order valence-electron chi connectivity index (χ2n) is 4.09. The van der Waals surface area contributed by atoms with Gasteiger partial charge in [-0.25, -0.2) is 8.42 Å². The number of hydrogen-bond donors (Lipinski definition) is 2. The fraction of sp³-hybridized carbons (Fsp3) is 0.500. The second-order valence-corrected chi connectivity index (χ2v) is 6.79. The van der Waals surface area contributed by atoms with Crippen LogP contribution in [0.2, 0.25) is 0 Å². The lowest BCUT2D eigenvalue weighted by molar-refractivity contribution is 0.595. The highest BCUT2D eigenvalue weighted by atomic mass is 79.9. The van der Waals surface area contributed by atoms with Gasteiger partial charge in [0, 0.05) is 10.2 Å². The molecular weight excluding hydrogens is 316 g/mol. The summed E-state index contributed by atoms with van der Waals surface area (Å²) in [6, 6.07) is 5.42. The van der Waals surface area contributed by atoms with Crippen LogP contribution in [0.3, 0.4) is 0 Å². The Balaban J connectivity index is 2.56. The molecule has 0 saturated heterocycles. The zero-order valence-corrected chi connectivity index (χ0v) is 13.1. The third-order valence-electron chi connectivity index (χ3n) is 2.46. The first-order valence-electron chi connectivity index (χ1n) is 5.92. The molecule has 0 saturated carbocycles. The van der Waals surface area contributed by atoms with Gasteiger partial charge in [-0.05, 0) is 44.1 Å². The third kappa shape index (κ3) is 5.37. The van der Waals surface area contributed by atoms with Gasteiger partial charge in [0.1, 0.15) is 0 Å². The summed E-state index contributed by atoms with van der Waals surface area (Å²) in [7, 11) is -3.26. The molecule has 0 amide bonds. The molecule has 0 radical (unpaired) electrons. The lowest BCUT2D eigenvalue weighted by Crippen LogP contribution is -2.21. The minimum Gasteiger partial charge on any atom is -0.317 e. The zero-order chi connectivity index (χ0) is 13.6. The lowest BCUT2D eigenvalue weighted by atomic mass is 10.2. The van der Waals surface area contributed by atoms with Crippen LogP contribution in [0.4, 0.5) is 5.69 Å². The first-order valence-corrected chi connectivity index (χ1v) is 8.36. The molecule has 0 unspecified atom stereocenters. The number of hydrogen-bond acceptors (Lipinski definition) is 3. The largest absolute Gasteiger partial charge is 0.317 e. The Kier molecular flexibility index (Phi) is 6.11. The normalized spacial score (nSPS) is 11.5. The molecule has 0 atom stereocenters. The minimum absolute atomic E-state index is 0.130. The summed E-state index contributed by atoms with van der Waals surface area (Å²) in [4.78, 5) is 0. The fourth-order valence-corrected chi connectivity index (χ4v) is 2.94. The van der Waals surface area contributed by atoms with Gasteiger partial charge >= 0.3 is 0 Å². The summed E-state index contributed by atoms with van der Waals surface area (Å²) in [5.74, 6) is 0.130. The van der Waals surface area contributed by atoms with Gasteiger partial charge in [0.15, 0.2) is 0 Å². The Morgan fingerprint density at radius 1 is 1.33 bits per heavy atom. The van der Waals surface area contributed by atoms with E-state index in [-0.39, 0.29) is 5.75 Å². The van der Waals surface area contributed by atoms with E-state index in [1.54, 1.807) is 12.1 Å². The molecule has 1 rings (SSSR count). The van der Waals surface area contributed by atoms with Gasteiger partial charge < -0.3 is 5.32 Å². The maximum atomic E-state index is 11.8. The van der Waals surface area contributed by atoms with E-state index in [1.807, 2.05) is 19.9 Å². The van der Waals surface area contributed by atoms with Crippen molar-refractivity contribution < 1.29 is 8.42 Å². The van der Waals surface area contributed by atoms with Crippen LogP contribution in [-0.2, 0) is 10.0 Å². The molecule has 2 N–H and O–H groups in total. The number of sulfonamides is 1. The summed E-state index contributed by atoms with van der Waals surface area (Å²) in [6.45, 7) is 5.53. The summed E-state index contributed by atoms with van der Waals surface area (Å²) in [6.07, 6.45) is 0.607. The molecule has 0 heterocycles. The lowest BCUT2D eigenvalue weighted by Gasteiger charge is -2.09. The summed E-state index contributed by atoms with van der Waals surface area (Å²) < 4.78 is 27.1. The number of rotatable bonds is 7. The molecule has 0 bridgehead atoms. The van der Waals surface area contributed by atoms with E-state index in [0.29, 0.717) is 12.1 Å². The summed E-state index contributed by atoms with van der Waals surface area (Å²) >= 11 is 3.38. The van der Waals surface area contributed by atoms with Crippen molar-refractivity contribution in [1.29, 1.82) is 0 Å². The van der Waals surface area contributed by atoms with E-state index < -0.39 is 10.0 Å². The van der Waals surface area contributed by atoms with E-state index in [0.717, 1.165) is 23.1 Å². The van der Waals surface area contributed by atoms with Crippen molar-refractivity contribution in [3.05, 3.63) is 28.2 Å². The van der Waals surface area contributed by atoms with Crippen LogP contribution in [0.15, 0.2) is 22.7 Å². The van der Waals surface area contributed by atoms with Gasteiger partial charge in [-0.3, -0.25) is 4.72 Å². The van der Waals surface area contributed by atoms with Crippen LogP contribution in [0.5, 0.6) is 0 Å². The Morgan fingerprint density at radius 3 is 2.67 bits per heavy atom. The highest BCUT2D eigenvalue weighted by Gasteiger charge is 2.10. The average molecular weight is 335 g/mol. The topological polar surface area (TPSA) is 58.2 Å². The van der Waals surface area contributed by atoms with Crippen LogP contribution < -0.4 is 10.0 Å². The Morgan fingerprint density at radius 2 is 2.06 bits per heavy atom. The molecular formula is C12H19BrN2O2S. The first-order chi connectivity index (χ1) is 8.44. The van der Waals surface area contributed by atoms with Crippen molar-refractivity contribution in [1.82, 2.24) is 5.32 Å². The van der Waals surface area contributed by atoms with Gasteiger partial charge in [0.05, 0.1) is 5.75 Å². The monoisotopic (exact) mass is 334 g/mol. The number of halogens is 1. The van der Waals surface area contributed by atoms with Crippen LogP contribution >= 0.6 is 15.9 Å². The maximum Gasteiger partial charge on any atom is 0.232 e. The maximum absolute atomic E-state index is 11.8. The van der Waals surface area contributed by atoms with Crippen LogP contribution in [0.1, 0.15) is 18.9 Å². The Labute approximate surface area is 117 Å². The molecule has 0 aliphatic rings. The number of anilines is 1. The van der Waals surface area contributed by atoms with Gasteiger partial charge in [0.25, 0.3) is 0 Å². The van der Waals surface area contributed by atoms with Gasteiger partial charge in [0.2, 0.25) is 10.0 Å². The van der Waals surface area contributed by atoms with E-state index in [1.165, 1.54) is 0 Å². The molecule has 0 aliphatic heterocycles. The minimum atomic E-state index is -3.26. The van der Waals surface area contributed by atoms with Crippen LogP contribution in [-0.4, -0.2) is 27.3 Å². The van der Waals surface area contributed by atoms with E-state index in [2.05, 4.69) is 26.0 Å². The molecule has 4 nitrogen and oxygen atoms in total.